The van der Waals surface area contributed by atoms with Crippen molar-refractivity contribution in [3.63, 3.8) is 0 Å². The predicted octanol–water partition coefficient (Wildman–Crippen LogP) is 13.2. The molecule has 4 heteroatoms. The van der Waals surface area contributed by atoms with Gasteiger partial charge in [0.15, 0.2) is 5.82 Å². The van der Waals surface area contributed by atoms with Crippen LogP contribution in [0.1, 0.15) is 30.5 Å². The van der Waals surface area contributed by atoms with Crippen LogP contribution in [0.5, 0.6) is 0 Å². The number of fused-ring (bicyclic) bond motifs is 4. The fourth-order valence-corrected chi connectivity index (χ4v) is 8.26. The van der Waals surface area contributed by atoms with Crippen LogP contribution in [-0.2, 0) is 5.41 Å². The van der Waals surface area contributed by atoms with Crippen molar-refractivity contribution in [2.24, 2.45) is 0 Å². The van der Waals surface area contributed by atoms with Crippen molar-refractivity contribution in [1.82, 2.24) is 15.0 Å². The summed E-state index contributed by atoms with van der Waals surface area (Å²) in [7, 11) is 0. The van der Waals surface area contributed by atoms with E-state index < -0.39 is 0 Å². The molecule has 9 aromatic rings. The minimum atomic E-state index is -0.264. The Morgan fingerprint density at radius 3 is 1.72 bits per heavy atom. The molecule has 2 heterocycles. The molecule has 1 aliphatic carbocycles. The Balaban J connectivity index is 1.15. The molecular formula is C53H36N4. The van der Waals surface area contributed by atoms with Gasteiger partial charge in [0.2, 0.25) is 0 Å². The lowest BCUT2D eigenvalue weighted by Gasteiger charge is -2.22. The lowest BCUT2D eigenvalue weighted by molar-refractivity contribution is 0.660. The summed E-state index contributed by atoms with van der Waals surface area (Å²) < 4.78 is 0. The molecule has 0 amide bonds. The summed E-state index contributed by atoms with van der Waals surface area (Å²) in [5, 5.41) is 10.8. The van der Waals surface area contributed by atoms with Gasteiger partial charge in [0, 0.05) is 33.7 Å². The van der Waals surface area contributed by atoms with Gasteiger partial charge in [0.05, 0.1) is 28.5 Å². The highest BCUT2D eigenvalue weighted by Crippen LogP contribution is 2.50. The average molecular weight is 729 g/mol. The van der Waals surface area contributed by atoms with Crippen molar-refractivity contribution < 1.29 is 0 Å². The molecule has 0 fully saturated rings. The van der Waals surface area contributed by atoms with Crippen LogP contribution in [0, 0.1) is 11.3 Å². The van der Waals surface area contributed by atoms with Gasteiger partial charge in [0.25, 0.3) is 0 Å². The summed E-state index contributed by atoms with van der Waals surface area (Å²) in [5.41, 5.74) is 17.6. The topological polar surface area (TPSA) is 62.5 Å². The molecule has 0 saturated heterocycles. The Morgan fingerprint density at radius 1 is 0.439 bits per heavy atom. The van der Waals surface area contributed by atoms with Crippen molar-refractivity contribution in [1.29, 1.82) is 5.26 Å². The van der Waals surface area contributed by atoms with Crippen molar-refractivity contribution in [3.05, 3.63) is 199 Å². The third-order valence-electron chi connectivity index (χ3n) is 11.4. The second-order valence-corrected chi connectivity index (χ2v) is 15.2. The molecule has 1 aliphatic rings. The Labute approximate surface area is 332 Å². The number of hydrogen-bond donors (Lipinski definition) is 0. The van der Waals surface area contributed by atoms with Gasteiger partial charge in [0.1, 0.15) is 0 Å². The number of pyridine rings is 1. The Hall–Kier alpha value is -7.48. The van der Waals surface area contributed by atoms with Gasteiger partial charge in [-0.25, -0.2) is 9.97 Å². The molecule has 0 aliphatic heterocycles. The Bertz CT molecular complexity index is 3030. The van der Waals surface area contributed by atoms with Crippen molar-refractivity contribution in [3.8, 4) is 84.5 Å². The monoisotopic (exact) mass is 728 g/mol. The van der Waals surface area contributed by atoms with Crippen LogP contribution in [-0.4, -0.2) is 15.0 Å². The number of nitriles is 1. The number of rotatable bonds is 6. The maximum Gasteiger partial charge on any atom is 0.160 e. The van der Waals surface area contributed by atoms with Crippen LogP contribution in [0.3, 0.4) is 0 Å². The highest BCUT2D eigenvalue weighted by atomic mass is 14.9. The number of benzene rings is 7. The van der Waals surface area contributed by atoms with E-state index in [0.717, 1.165) is 66.8 Å². The normalized spacial score (nSPS) is 12.5. The van der Waals surface area contributed by atoms with E-state index in [1.165, 1.54) is 27.8 Å². The molecule has 268 valence electrons. The van der Waals surface area contributed by atoms with E-state index in [-0.39, 0.29) is 5.41 Å². The van der Waals surface area contributed by atoms with E-state index in [2.05, 4.69) is 153 Å². The summed E-state index contributed by atoms with van der Waals surface area (Å²) >= 11 is 0. The van der Waals surface area contributed by atoms with E-state index in [9.17, 15) is 5.26 Å². The second kappa shape index (κ2) is 13.7. The SMILES string of the molecule is CC1(C)c2cc(C#N)ccc2-c2ccc(-c3cc(-c4ccc5cccnc5c4)cc(-c4cc(-c5ccc(-c6ccccc6)cc5)nc(-c5ccccc5)n4)c3)cc21. The van der Waals surface area contributed by atoms with Crippen LogP contribution < -0.4 is 0 Å². The fraction of sp³-hybridized carbons (Fsp3) is 0.0566. The molecule has 0 atom stereocenters. The van der Waals surface area contributed by atoms with E-state index >= 15 is 0 Å². The van der Waals surface area contributed by atoms with Crippen LogP contribution in [0.4, 0.5) is 0 Å². The van der Waals surface area contributed by atoms with Gasteiger partial charge in [-0.05, 0) is 110 Å². The number of hydrogen-bond acceptors (Lipinski definition) is 4. The largest absolute Gasteiger partial charge is 0.256 e. The third kappa shape index (κ3) is 6.16. The lowest BCUT2D eigenvalue weighted by atomic mass is 9.81. The third-order valence-corrected chi connectivity index (χ3v) is 11.4. The van der Waals surface area contributed by atoms with Gasteiger partial charge in [-0.15, -0.1) is 0 Å². The zero-order chi connectivity index (χ0) is 38.5. The van der Waals surface area contributed by atoms with E-state index in [4.69, 9.17) is 15.0 Å². The van der Waals surface area contributed by atoms with E-state index in [0.29, 0.717) is 11.4 Å². The molecule has 57 heavy (non-hydrogen) atoms. The predicted molar refractivity (Wildman–Crippen MR) is 232 cm³/mol. The summed E-state index contributed by atoms with van der Waals surface area (Å²) in [5.74, 6) is 0.672. The summed E-state index contributed by atoms with van der Waals surface area (Å²) in [6.07, 6.45) is 1.84. The second-order valence-electron chi connectivity index (χ2n) is 15.2. The maximum atomic E-state index is 9.70. The summed E-state index contributed by atoms with van der Waals surface area (Å²) in [4.78, 5) is 15.1. The number of nitrogens with zero attached hydrogens (tertiary/aromatic N) is 4. The molecular weight excluding hydrogens is 693 g/mol. The summed E-state index contributed by atoms with van der Waals surface area (Å²) in [6.45, 7) is 4.51. The van der Waals surface area contributed by atoms with Crippen LogP contribution >= 0.6 is 0 Å². The van der Waals surface area contributed by atoms with Crippen LogP contribution in [0.2, 0.25) is 0 Å². The highest BCUT2D eigenvalue weighted by molar-refractivity contribution is 5.89. The van der Waals surface area contributed by atoms with Gasteiger partial charge >= 0.3 is 0 Å². The molecule has 0 spiro atoms. The van der Waals surface area contributed by atoms with Gasteiger partial charge in [-0.3, -0.25) is 4.98 Å². The van der Waals surface area contributed by atoms with Gasteiger partial charge in [-0.2, -0.15) is 5.26 Å². The molecule has 0 unspecified atom stereocenters. The zero-order valence-electron chi connectivity index (χ0n) is 31.6. The van der Waals surface area contributed by atoms with E-state index in [1.54, 1.807) is 0 Å². The molecule has 0 bridgehead atoms. The first-order valence-corrected chi connectivity index (χ1v) is 19.2. The molecule has 2 aromatic heterocycles. The molecule has 10 rings (SSSR count). The average Bonchev–Trinajstić information content (AvgIpc) is 3.51. The molecule has 0 radical (unpaired) electrons. The molecule has 0 saturated carbocycles. The first kappa shape index (κ1) is 34.0. The fourth-order valence-electron chi connectivity index (χ4n) is 8.26. The van der Waals surface area contributed by atoms with Crippen molar-refractivity contribution in [2.45, 2.75) is 19.3 Å². The van der Waals surface area contributed by atoms with Crippen molar-refractivity contribution in [2.75, 3.05) is 0 Å². The Morgan fingerprint density at radius 2 is 1.00 bits per heavy atom. The molecule has 4 nitrogen and oxygen atoms in total. The zero-order valence-corrected chi connectivity index (χ0v) is 31.6. The van der Waals surface area contributed by atoms with Crippen molar-refractivity contribution >= 4 is 10.9 Å². The smallest absolute Gasteiger partial charge is 0.160 e. The molecule has 0 N–H and O–H groups in total. The Kier molecular flexibility index (Phi) is 8.17. The van der Waals surface area contributed by atoms with Gasteiger partial charge < -0.3 is 0 Å². The van der Waals surface area contributed by atoms with E-state index in [1.807, 2.05) is 48.7 Å². The first-order valence-electron chi connectivity index (χ1n) is 19.2. The summed E-state index contributed by atoms with van der Waals surface area (Å²) in [6, 6.07) is 63.9. The highest BCUT2D eigenvalue weighted by Gasteiger charge is 2.36. The van der Waals surface area contributed by atoms with Crippen LogP contribution in [0.25, 0.3) is 89.3 Å². The quantitative estimate of drug-likeness (QED) is 0.171. The minimum Gasteiger partial charge on any atom is -0.256 e. The van der Waals surface area contributed by atoms with Crippen LogP contribution in [0.15, 0.2) is 182 Å². The number of aromatic nitrogens is 3. The lowest BCUT2D eigenvalue weighted by Crippen LogP contribution is -2.15. The standard InChI is InChI=1S/C53H36N4/c1-53(2)47-26-34(33-54)15-23-45(47)46-24-22-40(30-48(46)53)42-27-43(41-21-20-37-14-9-25-55-49(37)31-41)29-44(28-42)51-32-50(56-52(57-51)39-12-7-4-8-13-39)38-18-16-36(17-19-38)35-10-5-3-6-11-35/h3-32H,1-2H3. The maximum absolute atomic E-state index is 9.70. The first-order chi connectivity index (χ1) is 27.9. The molecule has 7 aromatic carbocycles. The van der Waals surface area contributed by atoms with Gasteiger partial charge in [-0.1, -0.05) is 135 Å². The minimum absolute atomic E-state index is 0.264.